The first-order valence-corrected chi connectivity index (χ1v) is 11.0. The fourth-order valence-corrected chi connectivity index (χ4v) is 3.54. The Bertz CT molecular complexity index is 1360. The van der Waals surface area contributed by atoms with Gasteiger partial charge in [-0.25, -0.2) is 4.79 Å². The van der Waals surface area contributed by atoms with Gasteiger partial charge in [0.2, 0.25) is 0 Å². The van der Waals surface area contributed by atoms with Gasteiger partial charge in [0.1, 0.15) is 5.75 Å². The molecule has 5 heteroatoms. The molecular weight excluding hydrogens is 440 g/mol. The summed E-state index contributed by atoms with van der Waals surface area (Å²) in [6.45, 7) is 0. The van der Waals surface area contributed by atoms with Crippen LogP contribution in [0.4, 0.5) is 0 Å². The molecule has 0 aliphatic heterocycles. The number of hydrogen-bond donors (Lipinski definition) is 0. The summed E-state index contributed by atoms with van der Waals surface area (Å²) < 4.78 is 15.9. The summed E-state index contributed by atoms with van der Waals surface area (Å²) in [5, 5.41) is 0. The molecule has 4 aromatic carbocycles. The normalized spacial score (nSPS) is 10.7. The molecule has 0 atom stereocenters. The van der Waals surface area contributed by atoms with Crippen LogP contribution in [-0.2, 0) is 0 Å². The summed E-state index contributed by atoms with van der Waals surface area (Å²) in [6, 6.07) is 29.3. The molecule has 0 heterocycles. The Morgan fingerprint density at radius 3 is 2.06 bits per heavy atom. The van der Waals surface area contributed by atoms with E-state index in [2.05, 4.69) is 0 Å². The Hall–Kier alpha value is -4.64. The second-order valence-corrected chi connectivity index (χ2v) is 7.67. The number of hydrogen-bond acceptors (Lipinski definition) is 5. The molecule has 0 aliphatic carbocycles. The number of esters is 1. The van der Waals surface area contributed by atoms with E-state index in [1.165, 1.54) is 20.3 Å². The van der Waals surface area contributed by atoms with Gasteiger partial charge < -0.3 is 14.2 Å². The molecule has 4 rings (SSSR count). The Balaban J connectivity index is 1.43. The lowest BCUT2D eigenvalue weighted by Crippen LogP contribution is -2.09. The summed E-state index contributed by atoms with van der Waals surface area (Å²) in [7, 11) is 3.03. The second kappa shape index (κ2) is 11.0. The summed E-state index contributed by atoms with van der Waals surface area (Å²) in [5.74, 6) is 0.690. The Morgan fingerprint density at radius 2 is 1.34 bits per heavy atom. The van der Waals surface area contributed by atoms with E-state index in [1.807, 2.05) is 60.7 Å². The average molecular weight is 465 g/mol. The van der Waals surface area contributed by atoms with E-state index >= 15 is 0 Å². The molecule has 0 unspecified atom stereocenters. The first-order valence-electron chi connectivity index (χ1n) is 11.0. The maximum Gasteiger partial charge on any atom is 0.343 e. The highest BCUT2D eigenvalue weighted by Crippen LogP contribution is 2.28. The van der Waals surface area contributed by atoms with Crippen molar-refractivity contribution in [2.45, 2.75) is 0 Å². The fourth-order valence-electron chi connectivity index (χ4n) is 3.54. The molecule has 0 N–H and O–H groups in total. The molecular formula is C30H24O5. The molecule has 0 fully saturated rings. The first kappa shape index (κ1) is 23.5. The molecule has 0 saturated carbocycles. The van der Waals surface area contributed by atoms with Gasteiger partial charge in [0.25, 0.3) is 0 Å². The van der Waals surface area contributed by atoms with Crippen molar-refractivity contribution in [2.24, 2.45) is 0 Å². The van der Waals surface area contributed by atoms with Gasteiger partial charge in [-0.3, -0.25) is 4.79 Å². The molecule has 0 aromatic heterocycles. The quantitative estimate of drug-likeness (QED) is 0.129. The average Bonchev–Trinajstić information content (AvgIpc) is 2.92. The topological polar surface area (TPSA) is 61.8 Å². The molecule has 5 nitrogen and oxygen atoms in total. The van der Waals surface area contributed by atoms with Gasteiger partial charge in [0.05, 0.1) is 19.8 Å². The van der Waals surface area contributed by atoms with Gasteiger partial charge in [-0.15, -0.1) is 0 Å². The van der Waals surface area contributed by atoms with Crippen LogP contribution < -0.4 is 14.2 Å². The number of ketones is 1. The lowest BCUT2D eigenvalue weighted by atomic mass is 10.0. The molecule has 35 heavy (non-hydrogen) atoms. The minimum atomic E-state index is -0.526. The molecule has 174 valence electrons. The lowest BCUT2D eigenvalue weighted by Gasteiger charge is -2.09. The number of ether oxygens (including phenoxy) is 3. The third kappa shape index (κ3) is 5.84. The van der Waals surface area contributed by atoms with Crippen molar-refractivity contribution in [1.29, 1.82) is 0 Å². The smallest absolute Gasteiger partial charge is 0.343 e. The zero-order valence-electron chi connectivity index (χ0n) is 19.4. The minimum absolute atomic E-state index is 0.114. The summed E-state index contributed by atoms with van der Waals surface area (Å²) >= 11 is 0. The van der Waals surface area contributed by atoms with Crippen molar-refractivity contribution < 1.29 is 23.8 Å². The molecule has 0 aliphatic rings. The Morgan fingerprint density at radius 1 is 0.657 bits per heavy atom. The molecule has 0 spiro atoms. The van der Waals surface area contributed by atoms with Crippen LogP contribution in [0.5, 0.6) is 17.2 Å². The van der Waals surface area contributed by atoms with Gasteiger partial charge in [0, 0.05) is 5.56 Å². The molecule has 4 aromatic rings. The van der Waals surface area contributed by atoms with Crippen LogP contribution in [0, 0.1) is 0 Å². The van der Waals surface area contributed by atoms with Gasteiger partial charge in [-0.2, -0.15) is 0 Å². The molecule has 0 bridgehead atoms. The predicted octanol–water partition coefficient (Wildman–Crippen LogP) is 6.49. The van der Waals surface area contributed by atoms with E-state index in [0.29, 0.717) is 28.4 Å². The minimum Gasteiger partial charge on any atom is -0.493 e. The number of rotatable bonds is 8. The van der Waals surface area contributed by atoms with E-state index < -0.39 is 5.97 Å². The SMILES string of the molecule is COc1ccc(C(=O)Oc2cccc(C=CC(=O)c3ccc(-c4ccccc4)cc3)c2)cc1OC. The van der Waals surface area contributed by atoms with Crippen LogP contribution in [0.25, 0.3) is 17.2 Å². The monoisotopic (exact) mass is 464 g/mol. The largest absolute Gasteiger partial charge is 0.493 e. The Labute approximate surface area is 204 Å². The molecule has 0 saturated heterocycles. The fraction of sp³-hybridized carbons (Fsp3) is 0.0667. The van der Waals surface area contributed by atoms with E-state index in [4.69, 9.17) is 14.2 Å². The van der Waals surface area contributed by atoms with Crippen LogP contribution in [-0.4, -0.2) is 26.0 Å². The highest BCUT2D eigenvalue weighted by molar-refractivity contribution is 6.07. The van der Waals surface area contributed by atoms with Crippen molar-refractivity contribution in [3.8, 4) is 28.4 Å². The zero-order valence-corrected chi connectivity index (χ0v) is 19.4. The van der Waals surface area contributed by atoms with E-state index in [-0.39, 0.29) is 5.78 Å². The van der Waals surface area contributed by atoms with Gasteiger partial charge in [-0.05, 0) is 53.1 Å². The van der Waals surface area contributed by atoms with Gasteiger partial charge in [0.15, 0.2) is 17.3 Å². The lowest BCUT2D eigenvalue weighted by molar-refractivity contribution is 0.0734. The van der Waals surface area contributed by atoms with E-state index in [1.54, 1.807) is 42.5 Å². The standard InChI is InChI=1S/C30H24O5/c1-33-28-18-16-25(20-29(28)34-2)30(32)35-26-10-6-7-21(19-26)11-17-27(31)24-14-12-23(13-15-24)22-8-4-3-5-9-22/h3-20H,1-2H3. The van der Waals surface area contributed by atoms with Crippen LogP contribution >= 0.6 is 0 Å². The molecule has 0 radical (unpaired) electrons. The van der Waals surface area contributed by atoms with E-state index in [0.717, 1.165) is 16.7 Å². The number of carbonyl (C=O) groups excluding carboxylic acids is 2. The zero-order chi connectivity index (χ0) is 24.6. The number of benzene rings is 4. The van der Waals surface area contributed by atoms with Crippen LogP contribution in [0.1, 0.15) is 26.3 Å². The van der Waals surface area contributed by atoms with Crippen molar-refractivity contribution in [1.82, 2.24) is 0 Å². The number of methoxy groups -OCH3 is 2. The predicted molar refractivity (Wildman–Crippen MR) is 136 cm³/mol. The van der Waals surface area contributed by atoms with Gasteiger partial charge in [-0.1, -0.05) is 72.8 Å². The van der Waals surface area contributed by atoms with Gasteiger partial charge >= 0.3 is 5.97 Å². The highest BCUT2D eigenvalue weighted by atomic mass is 16.5. The third-order valence-corrected chi connectivity index (χ3v) is 5.39. The third-order valence-electron chi connectivity index (χ3n) is 5.39. The van der Waals surface area contributed by atoms with Crippen molar-refractivity contribution >= 4 is 17.8 Å². The van der Waals surface area contributed by atoms with Crippen LogP contribution in [0.15, 0.2) is 103 Å². The van der Waals surface area contributed by atoms with Crippen molar-refractivity contribution in [3.63, 3.8) is 0 Å². The maximum absolute atomic E-state index is 12.6. The van der Waals surface area contributed by atoms with Crippen molar-refractivity contribution in [2.75, 3.05) is 14.2 Å². The number of carbonyl (C=O) groups is 2. The summed E-state index contributed by atoms with van der Waals surface area (Å²) in [4.78, 5) is 25.2. The first-order chi connectivity index (χ1) is 17.1. The summed E-state index contributed by atoms with van der Waals surface area (Å²) in [5.41, 5.74) is 3.81. The van der Waals surface area contributed by atoms with Crippen LogP contribution in [0.3, 0.4) is 0 Å². The second-order valence-electron chi connectivity index (χ2n) is 7.67. The van der Waals surface area contributed by atoms with Crippen molar-refractivity contribution in [3.05, 3.63) is 120 Å². The Kier molecular flexibility index (Phi) is 7.38. The number of allylic oxidation sites excluding steroid dienone is 1. The summed E-state index contributed by atoms with van der Waals surface area (Å²) in [6.07, 6.45) is 3.20. The maximum atomic E-state index is 12.6. The van der Waals surface area contributed by atoms with E-state index in [9.17, 15) is 9.59 Å². The van der Waals surface area contributed by atoms with Crippen LogP contribution in [0.2, 0.25) is 0 Å². The molecule has 0 amide bonds. The highest BCUT2D eigenvalue weighted by Gasteiger charge is 2.13.